The molecule has 23 heavy (non-hydrogen) atoms. The molecule has 0 spiro atoms. The number of aromatic nitrogens is 1. The molecule has 6 nitrogen and oxygen atoms in total. The molecule has 0 saturated carbocycles. The monoisotopic (exact) mass is 382 g/mol. The Morgan fingerprint density at radius 3 is 2.91 bits per heavy atom. The second-order valence-corrected chi connectivity index (χ2v) is 6.51. The summed E-state index contributed by atoms with van der Waals surface area (Å²) >= 11 is 3.29. The number of piperidine rings is 1. The van der Waals surface area contributed by atoms with Crippen LogP contribution in [0.25, 0.3) is 11.1 Å². The summed E-state index contributed by atoms with van der Waals surface area (Å²) in [7, 11) is 1.84. The minimum atomic E-state index is -0.231. The van der Waals surface area contributed by atoms with Crippen molar-refractivity contribution in [2.45, 2.75) is 19.8 Å². The van der Waals surface area contributed by atoms with E-state index in [1.165, 1.54) is 0 Å². The Kier molecular flexibility index (Phi) is 4.48. The van der Waals surface area contributed by atoms with E-state index in [9.17, 15) is 9.59 Å². The lowest BCUT2D eigenvalue weighted by atomic mass is 9.98. The van der Waals surface area contributed by atoms with Crippen LogP contribution in [0.2, 0.25) is 0 Å². The predicted octanol–water partition coefficient (Wildman–Crippen LogP) is 2.95. The average Bonchev–Trinajstić information content (AvgIpc) is 3.05. The van der Waals surface area contributed by atoms with E-state index in [-0.39, 0.29) is 17.8 Å². The van der Waals surface area contributed by atoms with Crippen molar-refractivity contribution in [2.24, 2.45) is 13.0 Å². The SMILES string of the molecule is CCOC(=O)C1CCCN(C(=O)c2cc3oc(Br)cc3n2C)C1. The van der Waals surface area contributed by atoms with E-state index in [2.05, 4.69) is 15.9 Å². The van der Waals surface area contributed by atoms with Crippen LogP contribution < -0.4 is 0 Å². The van der Waals surface area contributed by atoms with Gasteiger partial charge in [-0.25, -0.2) is 0 Å². The molecule has 2 aromatic rings. The Morgan fingerprint density at radius 1 is 1.43 bits per heavy atom. The minimum Gasteiger partial charge on any atom is -0.466 e. The summed E-state index contributed by atoms with van der Waals surface area (Å²) in [5.74, 6) is -0.524. The molecule has 1 atom stereocenters. The zero-order valence-electron chi connectivity index (χ0n) is 13.2. The summed E-state index contributed by atoms with van der Waals surface area (Å²) in [6.07, 6.45) is 1.58. The van der Waals surface area contributed by atoms with Gasteiger partial charge < -0.3 is 18.6 Å². The van der Waals surface area contributed by atoms with Gasteiger partial charge in [0.05, 0.1) is 18.0 Å². The van der Waals surface area contributed by atoms with E-state index in [0.29, 0.717) is 35.6 Å². The average molecular weight is 383 g/mol. The molecule has 0 aliphatic carbocycles. The molecule has 1 amide bonds. The number of carbonyl (C=O) groups is 2. The molecule has 1 aliphatic heterocycles. The number of rotatable bonds is 3. The van der Waals surface area contributed by atoms with E-state index in [0.717, 1.165) is 18.4 Å². The second-order valence-electron chi connectivity index (χ2n) is 5.73. The van der Waals surface area contributed by atoms with Gasteiger partial charge in [-0.1, -0.05) is 0 Å². The smallest absolute Gasteiger partial charge is 0.310 e. The highest BCUT2D eigenvalue weighted by molar-refractivity contribution is 9.10. The predicted molar refractivity (Wildman–Crippen MR) is 88.1 cm³/mol. The third-order valence-electron chi connectivity index (χ3n) is 4.25. The van der Waals surface area contributed by atoms with Crippen molar-refractivity contribution >= 4 is 38.9 Å². The van der Waals surface area contributed by atoms with Crippen molar-refractivity contribution in [2.75, 3.05) is 19.7 Å². The number of amides is 1. The summed E-state index contributed by atoms with van der Waals surface area (Å²) in [6.45, 7) is 3.23. The molecule has 124 valence electrons. The van der Waals surface area contributed by atoms with Crippen LogP contribution in [0.15, 0.2) is 21.2 Å². The Hall–Kier alpha value is -1.76. The minimum absolute atomic E-state index is 0.0796. The topological polar surface area (TPSA) is 64.7 Å². The molecule has 3 rings (SSSR count). The van der Waals surface area contributed by atoms with Gasteiger partial charge in [0.2, 0.25) is 0 Å². The molecule has 0 bridgehead atoms. The number of nitrogens with zero attached hydrogens (tertiary/aromatic N) is 2. The molecule has 7 heteroatoms. The summed E-state index contributed by atoms with van der Waals surface area (Å²) in [5.41, 5.74) is 2.09. The molecule has 3 heterocycles. The number of fused-ring (bicyclic) bond motifs is 1. The maximum absolute atomic E-state index is 12.8. The lowest BCUT2D eigenvalue weighted by molar-refractivity contribution is -0.149. The Balaban J connectivity index is 1.79. The van der Waals surface area contributed by atoms with Gasteiger partial charge in [-0.05, 0) is 35.7 Å². The zero-order valence-corrected chi connectivity index (χ0v) is 14.8. The maximum atomic E-state index is 12.8. The van der Waals surface area contributed by atoms with Crippen molar-refractivity contribution < 1.29 is 18.7 Å². The number of halogens is 1. The largest absolute Gasteiger partial charge is 0.466 e. The first kappa shape index (κ1) is 16.1. The van der Waals surface area contributed by atoms with Gasteiger partial charge in [0.15, 0.2) is 10.3 Å². The van der Waals surface area contributed by atoms with Gasteiger partial charge in [-0.2, -0.15) is 0 Å². The van der Waals surface area contributed by atoms with Gasteiger partial charge in [-0.3, -0.25) is 9.59 Å². The fraction of sp³-hybridized carbons (Fsp3) is 0.500. The van der Waals surface area contributed by atoms with E-state index >= 15 is 0 Å². The van der Waals surface area contributed by atoms with Crippen LogP contribution in [0.1, 0.15) is 30.3 Å². The molecule has 0 N–H and O–H groups in total. The van der Waals surface area contributed by atoms with Crippen LogP contribution in [0, 0.1) is 5.92 Å². The maximum Gasteiger partial charge on any atom is 0.310 e. The van der Waals surface area contributed by atoms with Crippen molar-refractivity contribution in [1.82, 2.24) is 9.47 Å². The van der Waals surface area contributed by atoms with Crippen LogP contribution in [0.4, 0.5) is 0 Å². The highest BCUT2D eigenvalue weighted by Crippen LogP contribution is 2.27. The van der Waals surface area contributed by atoms with Crippen LogP contribution in [-0.2, 0) is 16.6 Å². The highest BCUT2D eigenvalue weighted by Gasteiger charge is 2.31. The van der Waals surface area contributed by atoms with Crippen molar-refractivity contribution in [3.05, 3.63) is 22.5 Å². The lowest BCUT2D eigenvalue weighted by Crippen LogP contribution is -2.43. The van der Waals surface area contributed by atoms with Crippen molar-refractivity contribution in [3.8, 4) is 0 Å². The normalized spacial score (nSPS) is 18.4. The molecule has 1 fully saturated rings. The lowest BCUT2D eigenvalue weighted by Gasteiger charge is -2.31. The molecule has 0 radical (unpaired) electrons. The fourth-order valence-electron chi connectivity index (χ4n) is 3.06. The molecule has 0 aromatic carbocycles. The van der Waals surface area contributed by atoms with Crippen molar-refractivity contribution in [1.29, 1.82) is 0 Å². The quantitative estimate of drug-likeness (QED) is 0.765. The van der Waals surface area contributed by atoms with Gasteiger partial charge in [0.25, 0.3) is 5.91 Å². The molecule has 1 unspecified atom stereocenters. The first-order valence-corrected chi connectivity index (χ1v) is 8.51. The number of furan rings is 1. The van der Waals surface area contributed by atoms with Gasteiger partial charge in [0, 0.05) is 32.3 Å². The number of esters is 1. The Labute approximate surface area is 142 Å². The third kappa shape index (κ3) is 3.02. The summed E-state index contributed by atoms with van der Waals surface area (Å²) in [6, 6.07) is 3.58. The number of carbonyl (C=O) groups excluding carboxylic acids is 2. The number of likely N-dealkylation sites (tertiary alicyclic amines) is 1. The third-order valence-corrected chi connectivity index (χ3v) is 4.64. The Bertz CT molecular complexity index is 749. The molecular weight excluding hydrogens is 364 g/mol. The molecular formula is C16H19BrN2O4. The first-order valence-electron chi connectivity index (χ1n) is 7.72. The number of ether oxygens (including phenoxy) is 1. The Morgan fingerprint density at radius 2 is 2.22 bits per heavy atom. The molecule has 1 saturated heterocycles. The van der Waals surface area contributed by atoms with Crippen LogP contribution >= 0.6 is 15.9 Å². The van der Waals surface area contributed by atoms with E-state index < -0.39 is 0 Å². The number of hydrogen-bond donors (Lipinski definition) is 0. The fourth-order valence-corrected chi connectivity index (χ4v) is 3.45. The molecule has 2 aromatic heterocycles. The molecule has 1 aliphatic rings. The van der Waals surface area contributed by atoms with Gasteiger partial charge >= 0.3 is 5.97 Å². The number of aryl methyl sites for hydroxylation is 1. The highest BCUT2D eigenvalue weighted by atomic mass is 79.9. The number of hydrogen-bond acceptors (Lipinski definition) is 4. The van der Waals surface area contributed by atoms with Crippen LogP contribution in [0.3, 0.4) is 0 Å². The van der Waals surface area contributed by atoms with Crippen LogP contribution in [-0.4, -0.2) is 41.0 Å². The van der Waals surface area contributed by atoms with Crippen LogP contribution in [0.5, 0.6) is 0 Å². The van der Waals surface area contributed by atoms with E-state index in [1.807, 2.05) is 17.7 Å². The summed E-state index contributed by atoms with van der Waals surface area (Å²) < 4.78 is 13.1. The van der Waals surface area contributed by atoms with Gasteiger partial charge in [-0.15, -0.1) is 0 Å². The second kappa shape index (κ2) is 6.39. The van der Waals surface area contributed by atoms with Crippen molar-refractivity contribution in [3.63, 3.8) is 0 Å². The van der Waals surface area contributed by atoms with Gasteiger partial charge in [0.1, 0.15) is 5.69 Å². The van der Waals surface area contributed by atoms with E-state index in [1.54, 1.807) is 17.9 Å². The first-order chi connectivity index (χ1) is 11.0. The zero-order chi connectivity index (χ0) is 16.6. The summed E-state index contributed by atoms with van der Waals surface area (Å²) in [4.78, 5) is 26.5. The summed E-state index contributed by atoms with van der Waals surface area (Å²) in [5, 5.41) is 0. The van der Waals surface area contributed by atoms with E-state index in [4.69, 9.17) is 9.15 Å². The standard InChI is InChI=1S/C16H19BrN2O4/c1-3-22-16(21)10-5-4-6-19(9-10)15(20)12-7-13-11(18(12)2)8-14(17)23-13/h7-8,10H,3-6,9H2,1-2H3.